The van der Waals surface area contributed by atoms with Crippen LogP contribution in [0, 0.1) is 11.6 Å². The molecule has 30 heavy (non-hydrogen) atoms. The van der Waals surface area contributed by atoms with Crippen molar-refractivity contribution in [1.29, 1.82) is 0 Å². The van der Waals surface area contributed by atoms with Gasteiger partial charge in [-0.1, -0.05) is 24.3 Å². The molecule has 1 unspecified atom stereocenters. The van der Waals surface area contributed by atoms with E-state index in [0.717, 1.165) is 0 Å². The average molecular weight is 408 g/mol. The molecule has 1 N–H and O–H groups in total. The Kier molecular flexibility index (Phi) is 4.95. The van der Waals surface area contributed by atoms with Crippen molar-refractivity contribution >= 4 is 23.2 Å². The maximum atomic E-state index is 13.9. The van der Waals surface area contributed by atoms with Crippen LogP contribution in [0.4, 0.5) is 20.2 Å². The van der Waals surface area contributed by atoms with Gasteiger partial charge in [-0.15, -0.1) is 0 Å². The van der Waals surface area contributed by atoms with Gasteiger partial charge in [0.1, 0.15) is 17.4 Å². The Balaban J connectivity index is 1.80. The van der Waals surface area contributed by atoms with E-state index >= 15 is 0 Å². The first-order chi connectivity index (χ1) is 14.4. The largest absolute Gasteiger partial charge is 0.497 e. The summed E-state index contributed by atoms with van der Waals surface area (Å²) in [5.41, 5.74) is -0.368. The monoisotopic (exact) mass is 408 g/mol. The number of β-lactam (4-membered cyclic amide) rings is 1. The summed E-state index contributed by atoms with van der Waals surface area (Å²) in [4.78, 5) is 27.3. The Labute approximate surface area is 171 Å². The van der Waals surface area contributed by atoms with Gasteiger partial charge in [0, 0.05) is 11.4 Å². The molecule has 4 rings (SSSR count). The number of nitrogens with one attached hydrogen (secondary N) is 1. The van der Waals surface area contributed by atoms with Crippen LogP contribution in [0.15, 0.2) is 72.8 Å². The molecule has 0 saturated carbocycles. The molecule has 1 fully saturated rings. The molecule has 1 aliphatic heterocycles. The zero-order chi connectivity index (χ0) is 21.3. The van der Waals surface area contributed by atoms with Crippen molar-refractivity contribution in [1.82, 2.24) is 0 Å². The quantitative estimate of drug-likeness (QED) is 0.643. The fourth-order valence-electron chi connectivity index (χ4n) is 3.69. The number of ether oxygens (including phenoxy) is 1. The van der Waals surface area contributed by atoms with Gasteiger partial charge in [0.2, 0.25) is 5.91 Å². The third kappa shape index (κ3) is 3.28. The van der Waals surface area contributed by atoms with Crippen LogP contribution in [-0.4, -0.2) is 18.9 Å². The molecule has 0 bridgehead atoms. The normalized spacial score (nSPS) is 18.0. The molecular formula is C23H18F2N2O3. The molecule has 7 heteroatoms. The molecule has 5 nitrogen and oxygen atoms in total. The maximum absolute atomic E-state index is 13.9. The molecule has 0 spiro atoms. The Morgan fingerprint density at radius 3 is 2.27 bits per heavy atom. The van der Waals surface area contributed by atoms with Gasteiger partial charge in [-0.05, 0) is 54.1 Å². The fourth-order valence-corrected chi connectivity index (χ4v) is 3.69. The van der Waals surface area contributed by atoms with Gasteiger partial charge in [-0.3, -0.25) is 14.5 Å². The Morgan fingerprint density at radius 2 is 1.67 bits per heavy atom. The molecule has 152 valence electrons. The first-order valence-electron chi connectivity index (χ1n) is 9.24. The van der Waals surface area contributed by atoms with E-state index < -0.39 is 23.1 Å². The molecule has 1 aliphatic rings. The lowest BCUT2D eigenvalue weighted by molar-refractivity contribution is -0.137. The Bertz CT molecular complexity index is 1120. The summed E-state index contributed by atoms with van der Waals surface area (Å²) in [7, 11) is 1.52. The summed E-state index contributed by atoms with van der Waals surface area (Å²) in [6.45, 7) is 0. The number of amides is 2. The summed E-state index contributed by atoms with van der Waals surface area (Å²) in [5.74, 6) is -1.30. The van der Waals surface area contributed by atoms with E-state index in [1.807, 2.05) is 0 Å². The van der Waals surface area contributed by atoms with Crippen LogP contribution in [0.3, 0.4) is 0 Å². The number of hydrogen-bond acceptors (Lipinski definition) is 3. The van der Waals surface area contributed by atoms with Gasteiger partial charge >= 0.3 is 0 Å². The topological polar surface area (TPSA) is 58.6 Å². The smallest absolute Gasteiger partial charge is 0.255 e. The van der Waals surface area contributed by atoms with Crippen molar-refractivity contribution in [3.8, 4) is 5.75 Å². The zero-order valence-electron chi connectivity index (χ0n) is 16.1. The number of halogens is 2. The minimum Gasteiger partial charge on any atom is -0.497 e. The van der Waals surface area contributed by atoms with Crippen LogP contribution in [0.1, 0.15) is 12.0 Å². The number of nitrogens with zero attached hydrogens (tertiary/aromatic N) is 1. The average Bonchev–Trinajstić information content (AvgIpc) is 2.72. The van der Waals surface area contributed by atoms with E-state index in [1.54, 1.807) is 36.4 Å². The van der Waals surface area contributed by atoms with E-state index in [0.29, 0.717) is 11.3 Å². The van der Waals surface area contributed by atoms with Gasteiger partial charge in [0.15, 0.2) is 5.54 Å². The number of anilines is 2. The number of hydrogen-bond donors (Lipinski definition) is 1. The lowest BCUT2D eigenvalue weighted by atomic mass is 9.76. The van der Waals surface area contributed by atoms with E-state index in [-0.39, 0.29) is 23.7 Å². The molecule has 1 saturated heterocycles. The van der Waals surface area contributed by atoms with Crippen LogP contribution in [0.5, 0.6) is 5.75 Å². The van der Waals surface area contributed by atoms with Gasteiger partial charge in [-0.2, -0.15) is 0 Å². The van der Waals surface area contributed by atoms with E-state index in [9.17, 15) is 18.4 Å². The third-order valence-corrected chi connectivity index (χ3v) is 5.13. The highest BCUT2D eigenvalue weighted by Gasteiger charge is 2.58. The van der Waals surface area contributed by atoms with Gasteiger partial charge < -0.3 is 10.1 Å². The van der Waals surface area contributed by atoms with Crippen molar-refractivity contribution in [2.75, 3.05) is 17.3 Å². The number of carbonyl (C=O) groups excluding carboxylic acids is 2. The van der Waals surface area contributed by atoms with E-state index in [2.05, 4.69) is 5.32 Å². The highest BCUT2D eigenvalue weighted by Crippen LogP contribution is 2.46. The molecule has 2 amide bonds. The van der Waals surface area contributed by atoms with Gasteiger partial charge in [0.05, 0.1) is 13.5 Å². The van der Waals surface area contributed by atoms with Crippen LogP contribution < -0.4 is 15.0 Å². The van der Waals surface area contributed by atoms with Crippen molar-refractivity contribution in [3.05, 3.63) is 90.0 Å². The molecule has 3 aromatic rings. The Morgan fingerprint density at radius 1 is 1.00 bits per heavy atom. The minimum absolute atomic E-state index is 0.114. The molecular weight excluding hydrogens is 390 g/mol. The second kappa shape index (κ2) is 7.59. The van der Waals surface area contributed by atoms with Crippen LogP contribution >= 0.6 is 0 Å². The molecule has 1 atom stereocenters. The summed E-state index contributed by atoms with van der Waals surface area (Å²) in [6, 6.07) is 17.7. The lowest BCUT2D eigenvalue weighted by Gasteiger charge is -2.50. The van der Waals surface area contributed by atoms with Crippen LogP contribution in [0.2, 0.25) is 0 Å². The lowest BCUT2D eigenvalue weighted by Crippen LogP contribution is -2.67. The predicted molar refractivity (Wildman–Crippen MR) is 108 cm³/mol. The Hall–Kier alpha value is -3.74. The van der Waals surface area contributed by atoms with Crippen molar-refractivity contribution in [3.63, 3.8) is 0 Å². The minimum atomic E-state index is -1.41. The first-order valence-corrected chi connectivity index (χ1v) is 9.24. The molecule has 3 aromatic carbocycles. The zero-order valence-corrected chi connectivity index (χ0v) is 16.1. The van der Waals surface area contributed by atoms with Crippen LogP contribution in [-0.2, 0) is 15.1 Å². The summed E-state index contributed by atoms with van der Waals surface area (Å²) in [5, 5.41) is 2.69. The van der Waals surface area contributed by atoms with Gasteiger partial charge in [0.25, 0.3) is 5.91 Å². The summed E-state index contributed by atoms with van der Waals surface area (Å²) >= 11 is 0. The van der Waals surface area contributed by atoms with E-state index in [4.69, 9.17) is 4.74 Å². The maximum Gasteiger partial charge on any atom is 0.255 e. The predicted octanol–water partition coefficient (Wildman–Crippen LogP) is 4.24. The van der Waals surface area contributed by atoms with E-state index in [1.165, 1.54) is 48.4 Å². The molecule has 0 radical (unpaired) electrons. The second-order valence-corrected chi connectivity index (χ2v) is 6.94. The first kappa shape index (κ1) is 19.6. The van der Waals surface area contributed by atoms with Crippen molar-refractivity contribution in [2.45, 2.75) is 12.0 Å². The number of rotatable bonds is 5. The number of benzene rings is 3. The highest BCUT2D eigenvalue weighted by atomic mass is 19.1. The standard InChI is InChI=1S/C23H18F2N2O3/c1-30-20-10-8-15(9-11-20)23(22(29)26-18-6-2-4-16(24)12-18)14-21(28)27(23)19-7-3-5-17(25)13-19/h2-13H,14H2,1H3,(H,26,29). The highest BCUT2D eigenvalue weighted by molar-refractivity contribution is 6.17. The van der Waals surface area contributed by atoms with Gasteiger partial charge in [-0.25, -0.2) is 8.78 Å². The number of carbonyl (C=O) groups is 2. The second-order valence-electron chi connectivity index (χ2n) is 6.94. The van der Waals surface area contributed by atoms with Crippen molar-refractivity contribution < 1.29 is 23.1 Å². The van der Waals surface area contributed by atoms with Crippen LogP contribution in [0.25, 0.3) is 0 Å². The fraction of sp³-hybridized carbons (Fsp3) is 0.130. The third-order valence-electron chi connectivity index (χ3n) is 5.13. The molecule has 1 heterocycles. The number of methoxy groups -OCH3 is 1. The summed E-state index contributed by atoms with van der Waals surface area (Å²) < 4.78 is 32.6. The SMILES string of the molecule is COc1ccc(C2(C(=O)Nc3cccc(F)c3)CC(=O)N2c2cccc(F)c2)cc1. The molecule has 0 aliphatic carbocycles. The summed E-state index contributed by atoms with van der Waals surface area (Å²) in [6.07, 6.45) is -0.114. The molecule has 0 aromatic heterocycles. The van der Waals surface area contributed by atoms with Crippen molar-refractivity contribution in [2.24, 2.45) is 0 Å².